The van der Waals surface area contributed by atoms with Crippen LogP contribution in [0.25, 0.3) is 0 Å². The average Bonchev–Trinajstić information content (AvgIpc) is 2.24. The monoisotopic (exact) mass is 226 g/mol. The van der Waals surface area contributed by atoms with Crippen molar-refractivity contribution < 1.29 is 9.50 Å². The first-order valence-electron chi connectivity index (χ1n) is 5.52. The molecule has 1 aromatic rings. The number of unbranched alkanes of at least 4 members (excludes halogenated alkanes) is 2. The van der Waals surface area contributed by atoms with Gasteiger partial charge in [-0.3, -0.25) is 0 Å². The molecule has 0 atom stereocenters. The van der Waals surface area contributed by atoms with Crippen molar-refractivity contribution in [2.45, 2.75) is 19.3 Å². The Kier molecular flexibility index (Phi) is 5.05. The van der Waals surface area contributed by atoms with E-state index >= 15 is 0 Å². The van der Waals surface area contributed by atoms with Gasteiger partial charge in [-0.05, 0) is 37.5 Å². The second kappa shape index (κ2) is 6.33. The van der Waals surface area contributed by atoms with Gasteiger partial charge < -0.3 is 15.7 Å². The van der Waals surface area contributed by atoms with Crippen LogP contribution in [0.5, 0.6) is 0 Å². The first-order chi connectivity index (χ1) is 7.65. The summed E-state index contributed by atoms with van der Waals surface area (Å²) in [5.41, 5.74) is 7.05. The smallest absolute Gasteiger partial charge is 0.125 e. The van der Waals surface area contributed by atoms with E-state index < -0.39 is 0 Å². The minimum absolute atomic E-state index is 0.238. The number of hydrogen-bond donors (Lipinski definition) is 2. The van der Waals surface area contributed by atoms with Crippen LogP contribution in [-0.2, 0) is 0 Å². The Morgan fingerprint density at radius 3 is 2.69 bits per heavy atom. The molecule has 0 saturated carbocycles. The lowest BCUT2D eigenvalue weighted by atomic mass is 10.2. The molecule has 0 radical (unpaired) electrons. The van der Waals surface area contributed by atoms with Crippen LogP contribution < -0.4 is 10.6 Å². The lowest BCUT2D eigenvalue weighted by Gasteiger charge is -2.20. The molecule has 3 nitrogen and oxygen atoms in total. The van der Waals surface area contributed by atoms with E-state index in [9.17, 15) is 4.39 Å². The van der Waals surface area contributed by atoms with Crippen LogP contribution in [0, 0.1) is 5.82 Å². The number of rotatable bonds is 6. The molecule has 0 fully saturated rings. The minimum Gasteiger partial charge on any atom is -0.397 e. The van der Waals surface area contributed by atoms with Crippen LogP contribution in [-0.4, -0.2) is 25.3 Å². The van der Waals surface area contributed by atoms with Crippen molar-refractivity contribution >= 4 is 11.4 Å². The largest absolute Gasteiger partial charge is 0.397 e. The van der Waals surface area contributed by atoms with Gasteiger partial charge in [-0.1, -0.05) is 0 Å². The van der Waals surface area contributed by atoms with Crippen molar-refractivity contribution in [2.75, 3.05) is 30.8 Å². The molecule has 0 bridgehead atoms. The first-order valence-corrected chi connectivity index (χ1v) is 5.52. The lowest BCUT2D eigenvalue weighted by molar-refractivity contribution is 0.283. The van der Waals surface area contributed by atoms with Gasteiger partial charge in [0.2, 0.25) is 0 Å². The van der Waals surface area contributed by atoms with Gasteiger partial charge in [-0.25, -0.2) is 4.39 Å². The summed E-state index contributed by atoms with van der Waals surface area (Å²) in [6.07, 6.45) is 2.81. The molecule has 0 aliphatic heterocycles. The number of nitrogen functional groups attached to an aromatic ring is 1. The molecule has 90 valence electrons. The van der Waals surface area contributed by atoms with Gasteiger partial charge in [-0.15, -0.1) is 0 Å². The third-order valence-electron chi connectivity index (χ3n) is 2.55. The van der Waals surface area contributed by atoms with E-state index in [1.165, 1.54) is 12.1 Å². The maximum Gasteiger partial charge on any atom is 0.125 e. The van der Waals surface area contributed by atoms with Crippen LogP contribution in [0.1, 0.15) is 19.3 Å². The number of aliphatic hydroxyl groups excluding tert-OH is 1. The standard InChI is InChI=1S/C12H19FN2O/c1-15(7-3-2-4-8-16)12-6-5-10(13)9-11(12)14/h5-6,9,16H,2-4,7-8,14H2,1H3. The summed E-state index contributed by atoms with van der Waals surface area (Å²) in [5.74, 6) is -0.310. The van der Waals surface area contributed by atoms with Crippen molar-refractivity contribution in [3.8, 4) is 0 Å². The van der Waals surface area contributed by atoms with Crippen LogP contribution in [0.2, 0.25) is 0 Å². The molecule has 0 aromatic heterocycles. The van der Waals surface area contributed by atoms with Gasteiger partial charge in [-0.2, -0.15) is 0 Å². The molecule has 0 aliphatic rings. The third kappa shape index (κ3) is 3.70. The predicted octanol–water partition coefficient (Wildman–Crippen LogP) is 2.01. The van der Waals surface area contributed by atoms with Crippen molar-refractivity contribution in [3.63, 3.8) is 0 Å². The maximum absolute atomic E-state index is 12.8. The van der Waals surface area contributed by atoms with Crippen molar-refractivity contribution in [1.29, 1.82) is 0 Å². The van der Waals surface area contributed by atoms with Gasteiger partial charge in [0.05, 0.1) is 11.4 Å². The fourth-order valence-corrected chi connectivity index (χ4v) is 1.63. The number of anilines is 2. The Balaban J connectivity index is 2.49. The van der Waals surface area contributed by atoms with Gasteiger partial charge in [0.25, 0.3) is 0 Å². The van der Waals surface area contributed by atoms with E-state index in [-0.39, 0.29) is 12.4 Å². The Morgan fingerprint density at radius 1 is 1.31 bits per heavy atom. The molecular formula is C12H19FN2O. The topological polar surface area (TPSA) is 49.5 Å². The summed E-state index contributed by atoms with van der Waals surface area (Å²) >= 11 is 0. The number of benzene rings is 1. The third-order valence-corrected chi connectivity index (χ3v) is 2.55. The normalized spacial score (nSPS) is 10.4. The number of nitrogens with zero attached hydrogens (tertiary/aromatic N) is 1. The minimum atomic E-state index is -0.310. The quantitative estimate of drug-likeness (QED) is 0.576. The molecule has 0 heterocycles. The van der Waals surface area contributed by atoms with Gasteiger partial charge in [0.1, 0.15) is 5.82 Å². The van der Waals surface area contributed by atoms with Crippen LogP contribution in [0.4, 0.5) is 15.8 Å². The van der Waals surface area contributed by atoms with Crippen molar-refractivity contribution in [2.24, 2.45) is 0 Å². The molecule has 0 saturated heterocycles. The summed E-state index contributed by atoms with van der Waals surface area (Å²) in [6, 6.07) is 4.44. The molecule has 1 rings (SSSR count). The summed E-state index contributed by atoms with van der Waals surface area (Å²) in [4.78, 5) is 2.01. The fraction of sp³-hybridized carbons (Fsp3) is 0.500. The Hall–Kier alpha value is -1.29. The Labute approximate surface area is 95.7 Å². The molecule has 3 N–H and O–H groups in total. The van der Waals surface area contributed by atoms with E-state index in [4.69, 9.17) is 10.8 Å². The van der Waals surface area contributed by atoms with Gasteiger partial charge >= 0.3 is 0 Å². The first kappa shape index (κ1) is 12.8. The Morgan fingerprint density at radius 2 is 2.06 bits per heavy atom. The van der Waals surface area contributed by atoms with Crippen LogP contribution in [0.3, 0.4) is 0 Å². The van der Waals surface area contributed by atoms with E-state index in [2.05, 4.69) is 0 Å². The van der Waals surface area contributed by atoms with Crippen molar-refractivity contribution in [1.82, 2.24) is 0 Å². The second-order valence-electron chi connectivity index (χ2n) is 3.91. The van der Waals surface area contributed by atoms with Crippen LogP contribution >= 0.6 is 0 Å². The molecule has 0 unspecified atom stereocenters. The lowest BCUT2D eigenvalue weighted by Crippen LogP contribution is -2.19. The highest BCUT2D eigenvalue weighted by atomic mass is 19.1. The molecule has 0 aliphatic carbocycles. The molecule has 16 heavy (non-hydrogen) atoms. The zero-order valence-electron chi connectivity index (χ0n) is 9.62. The highest BCUT2D eigenvalue weighted by molar-refractivity contribution is 5.67. The number of aliphatic hydroxyl groups is 1. The molecule has 1 aromatic carbocycles. The van der Waals surface area contributed by atoms with E-state index in [0.717, 1.165) is 31.5 Å². The van der Waals surface area contributed by atoms with Crippen molar-refractivity contribution in [3.05, 3.63) is 24.0 Å². The van der Waals surface area contributed by atoms with Crippen LogP contribution in [0.15, 0.2) is 18.2 Å². The number of nitrogens with two attached hydrogens (primary N) is 1. The predicted molar refractivity (Wildman–Crippen MR) is 65.0 cm³/mol. The summed E-state index contributed by atoms with van der Waals surface area (Å²) in [7, 11) is 1.93. The SMILES string of the molecule is CN(CCCCCO)c1ccc(F)cc1N. The average molecular weight is 226 g/mol. The molecular weight excluding hydrogens is 207 g/mol. The summed E-state index contributed by atoms with van der Waals surface area (Å²) in [5, 5.41) is 8.65. The fourth-order valence-electron chi connectivity index (χ4n) is 1.63. The summed E-state index contributed by atoms with van der Waals surface area (Å²) < 4.78 is 12.8. The van der Waals surface area contributed by atoms with E-state index in [1.807, 2.05) is 11.9 Å². The molecule has 4 heteroatoms. The Bertz CT molecular complexity index is 331. The zero-order chi connectivity index (χ0) is 12.0. The molecule has 0 spiro atoms. The van der Waals surface area contributed by atoms with Gasteiger partial charge in [0, 0.05) is 20.2 Å². The second-order valence-corrected chi connectivity index (χ2v) is 3.91. The van der Waals surface area contributed by atoms with E-state index in [1.54, 1.807) is 6.07 Å². The molecule has 0 amide bonds. The highest BCUT2D eigenvalue weighted by Gasteiger charge is 2.05. The number of halogens is 1. The maximum atomic E-state index is 12.8. The van der Waals surface area contributed by atoms with Gasteiger partial charge in [0.15, 0.2) is 0 Å². The number of hydrogen-bond acceptors (Lipinski definition) is 3. The summed E-state index contributed by atoms with van der Waals surface area (Å²) in [6.45, 7) is 1.10. The van der Waals surface area contributed by atoms with E-state index in [0.29, 0.717) is 5.69 Å². The zero-order valence-corrected chi connectivity index (χ0v) is 9.62. The highest BCUT2D eigenvalue weighted by Crippen LogP contribution is 2.22.